The van der Waals surface area contributed by atoms with Gasteiger partial charge in [-0.3, -0.25) is 9.59 Å². The molecule has 1 aromatic carbocycles. The Hall–Kier alpha value is -2.48. The molecular formula is C16H23NO7. The summed E-state index contributed by atoms with van der Waals surface area (Å²) < 4.78 is 20.2. The number of carbonyl (C=O) groups excluding carboxylic acids is 2. The minimum Gasteiger partial charge on any atom is -0.493 e. The second-order valence-corrected chi connectivity index (χ2v) is 4.76. The first kappa shape index (κ1) is 19.6. The van der Waals surface area contributed by atoms with E-state index in [0.29, 0.717) is 22.8 Å². The quantitative estimate of drug-likeness (QED) is 0.661. The Labute approximate surface area is 140 Å². The molecule has 0 unspecified atom stereocenters. The van der Waals surface area contributed by atoms with Crippen LogP contribution in [0.3, 0.4) is 0 Å². The number of ether oxygens (including phenoxy) is 4. The first-order chi connectivity index (χ1) is 11.5. The van der Waals surface area contributed by atoms with Gasteiger partial charge < -0.3 is 29.0 Å². The molecular weight excluding hydrogens is 318 g/mol. The van der Waals surface area contributed by atoms with Crippen molar-refractivity contribution in [2.45, 2.75) is 6.42 Å². The Morgan fingerprint density at radius 1 is 1.00 bits per heavy atom. The molecule has 134 valence electrons. The van der Waals surface area contributed by atoms with Gasteiger partial charge in [0.05, 0.1) is 41.5 Å². The smallest absolute Gasteiger partial charge is 0.307 e. The second kappa shape index (κ2) is 9.61. The molecule has 0 aromatic heterocycles. The number of aliphatic hydroxyl groups is 1. The molecule has 1 amide bonds. The van der Waals surface area contributed by atoms with Gasteiger partial charge in [-0.25, -0.2) is 0 Å². The van der Waals surface area contributed by atoms with Gasteiger partial charge in [0.2, 0.25) is 5.75 Å². The van der Waals surface area contributed by atoms with E-state index in [2.05, 4.69) is 4.74 Å². The van der Waals surface area contributed by atoms with Crippen molar-refractivity contribution in [2.24, 2.45) is 0 Å². The van der Waals surface area contributed by atoms with Gasteiger partial charge >= 0.3 is 5.97 Å². The number of amides is 1. The minimum absolute atomic E-state index is 0.0344. The highest BCUT2D eigenvalue weighted by atomic mass is 16.5. The topological polar surface area (TPSA) is 94.5 Å². The van der Waals surface area contributed by atoms with E-state index in [1.165, 1.54) is 45.5 Å². The minimum atomic E-state index is -0.435. The van der Waals surface area contributed by atoms with E-state index >= 15 is 0 Å². The van der Waals surface area contributed by atoms with Crippen LogP contribution in [0.4, 0.5) is 0 Å². The van der Waals surface area contributed by atoms with Gasteiger partial charge in [0.1, 0.15) is 0 Å². The number of hydrogen-bond acceptors (Lipinski definition) is 7. The average Bonchev–Trinajstić information content (AvgIpc) is 2.62. The zero-order valence-corrected chi connectivity index (χ0v) is 14.3. The Morgan fingerprint density at radius 3 is 2.00 bits per heavy atom. The molecule has 8 heteroatoms. The molecule has 0 spiro atoms. The standard InChI is InChI=1S/C16H23NO7/c1-21-12-9-11(10-13(22-2)15(12)24-4)16(20)17(7-8-18)6-5-14(19)23-3/h9-10,18H,5-8H2,1-4H3. The molecule has 8 nitrogen and oxygen atoms in total. The third-order valence-electron chi connectivity index (χ3n) is 3.38. The summed E-state index contributed by atoms with van der Waals surface area (Å²) in [7, 11) is 5.65. The van der Waals surface area contributed by atoms with Gasteiger partial charge in [0.15, 0.2) is 11.5 Å². The zero-order chi connectivity index (χ0) is 18.1. The molecule has 0 aliphatic rings. The molecule has 0 aliphatic carbocycles. The van der Waals surface area contributed by atoms with Crippen molar-refractivity contribution in [1.29, 1.82) is 0 Å². The summed E-state index contributed by atoms with van der Waals surface area (Å²) in [6.07, 6.45) is 0.0344. The Morgan fingerprint density at radius 2 is 1.58 bits per heavy atom. The van der Waals surface area contributed by atoms with Crippen molar-refractivity contribution in [3.8, 4) is 17.2 Å². The largest absolute Gasteiger partial charge is 0.493 e. The first-order valence-corrected chi connectivity index (χ1v) is 7.29. The van der Waals surface area contributed by atoms with Crippen LogP contribution in [0, 0.1) is 0 Å². The highest BCUT2D eigenvalue weighted by Crippen LogP contribution is 2.38. The predicted molar refractivity (Wildman–Crippen MR) is 85.7 cm³/mol. The maximum atomic E-state index is 12.7. The summed E-state index contributed by atoms with van der Waals surface area (Å²) in [5, 5.41) is 9.16. The number of nitrogens with zero attached hydrogens (tertiary/aromatic N) is 1. The van der Waals surface area contributed by atoms with Gasteiger partial charge in [-0.05, 0) is 12.1 Å². The van der Waals surface area contributed by atoms with Crippen molar-refractivity contribution in [3.63, 3.8) is 0 Å². The third-order valence-corrected chi connectivity index (χ3v) is 3.38. The summed E-state index contributed by atoms with van der Waals surface area (Å²) in [6, 6.07) is 3.04. The lowest BCUT2D eigenvalue weighted by atomic mass is 10.1. The van der Waals surface area contributed by atoms with Gasteiger partial charge in [-0.15, -0.1) is 0 Å². The molecule has 0 bridgehead atoms. The fourth-order valence-corrected chi connectivity index (χ4v) is 2.15. The van der Waals surface area contributed by atoms with Gasteiger partial charge in [-0.2, -0.15) is 0 Å². The molecule has 24 heavy (non-hydrogen) atoms. The Balaban J connectivity index is 3.11. The maximum absolute atomic E-state index is 12.7. The molecule has 0 aliphatic heterocycles. The van der Waals surface area contributed by atoms with Gasteiger partial charge in [-0.1, -0.05) is 0 Å². The first-order valence-electron chi connectivity index (χ1n) is 7.29. The van der Waals surface area contributed by atoms with E-state index in [1.807, 2.05) is 0 Å². The van der Waals surface area contributed by atoms with Crippen LogP contribution in [0.2, 0.25) is 0 Å². The lowest BCUT2D eigenvalue weighted by Crippen LogP contribution is -2.35. The van der Waals surface area contributed by atoms with Gasteiger partial charge in [0.25, 0.3) is 5.91 Å². The van der Waals surface area contributed by atoms with Crippen LogP contribution in [0.15, 0.2) is 12.1 Å². The van der Waals surface area contributed by atoms with E-state index in [-0.39, 0.29) is 32.0 Å². The molecule has 0 radical (unpaired) electrons. The second-order valence-electron chi connectivity index (χ2n) is 4.76. The van der Waals surface area contributed by atoms with Gasteiger partial charge in [0, 0.05) is 18.7 Å². The molecule has 1 aromatic rings. The SMILES string of the molecule is COC(=O)CCN(CCO)C(=O)c1cc(OC)c(OC)c(OC)c1. The van der Waals surface area contributed by atoms with Crippen LogP contribution in [0.1, 0.15) is 16.8 Å². The van der Waals surface area contributed by atoms with Crippen molar-refractivity contribution in [1.82, 2.24) is 4.90 Å². The Kier molecular flexibility index (Phi) is 7.84. The molecule has 0 fully saturated rings. The number of aliphatic hydroxyl groups excluding tert-OH is 1. The molecule has 1 rings (SSSR count). The van der Waals surface area contributed by atoms with Crippen LogP contribution in [-0.2, 0) is 9.53 Å². The van der Waals surface area contributed by atoms with Crippen LogP contribution in [0.25, 0.3) is 0 Å². The fraction of sp³-hybridized carbons (Fsp3) is 0.500. The number of benzene rings is 1. The normalized spacial score (nSPS) is 10.0. The fourth-order valence-electron chi connectivity index (χ4n) is 2.15. The predicted octanol–water partition coefficient (Wildman–Crippen LogP) is 0.710. The molecule has 0 heterocycles. The lowest BCUT2D eigenvalue weighted by Gasteiger charge is -2.22. The van der Waals surface area contributed by atoms with Crippen molar-refractivity contribution in [3.05, 3.63) is 17.7 Å². The van der Waals surface area contributed by atoms with E-state index in [1.54, 1.807) is 0 Å². The van der Waals surface area contributed by atoms with Crippen LogP contribution in [0.5, 0.6) is 17.2 Å². The van der Waals surface area contributed by atoms with Crippen LogP contribution < -0.4 is 14.2 Å². The van der Waals surface area contributed by atoms with Crippen LogP contribution in [-0.4, -0.2) is 70.0 Å². The van der Waals surface area contributed by atoms with E-state index in [0.717, 1.165) is 0 Å². The number of rotatable bonds is 9. The Bertz CT molecular complexity index is 549. The summed E-state index contributed by atoms with van der Waals surface area (Å²) >= 11 is 0. The van der Waals surface area contributed by atoms with E-state index < -0.39 is 5.97 Å². The molecule has 0 saturated carbocycles. The summed E-state index contributed by atoms with van der Waals surface area (Å²) in [5.41, 5.74) is 0.294. The third kappa shape index (κ3) is 4.76. The summed E-state index contributed by atoms with van der Waals surface area (Å²) in [5.74, 6) is 0.261. The summed E-state index contributed by atoms with van der Waals surface area (Å²) in [4.78, 5) is 25.3. The molecule has 0 saturated heterocycles. The van der Waals surface area contributed by atoms with E-state index in [9.17, 15) is 9.59 Å². The molecule has 0 atom stereocenters. The lowest BCUT2D eigenvalue weighted by molar-refractivity contribution is -0.140. The zero-order valence-electron chi connectivity index (χ0n) is 14.3. The number of esters is 1. The van der Waals surface area contributed by atoms with Crippen molar-refractivity contribution >= 4 is 11.9 Å². The van der Waals surface area contributed by atoms with Crippen molar-refractivity contribution in [2.75, 3.05) is 48.1 Å². The average molecular weight is 341 g/mol. The van der Waals surface area contributed by atoms with Crippen LogP contribution >= 0.6 is 0 Å². The number of hydrogen-bond donors (Lipinski definition) is 1. The number of methoxy groups -OCH3 is 4. The summed E-state index contributed by atoms with van der Waals surface area (Å²) in [6.45, 7) is -0.00739. The monoisotopic (exact) mass is 341 g/mol. The highest BCUT2D eigenvalue weighted by molar-refractivity contribution is 5.96. The van der Waals surface area contributed by atoms with Crippen molar-refractivity contribution < 1.29 is 33.6 Å². The molecule has 1 N–H and O–H groups in total. The number of carbonyl (C=O) groups is 2. The maximum Gasteiger partial charge on any atom is 0.307 e. The van der Waals surface area contributed by atoms with E-state index in [4.69, 9.17) is 19.3 Å². The highest BCUT2D eigenvalue weighted by Gasteiger charge is 2.21.